The molecule has 0 unspecified atom stereocenters. The van der Waals surface area contributed by atoms with Crippen LogP contribution in [0.2, 0.25) is 0 Å². The van der Waals surface area contributed by atoms with Gasteiger partial charge in [0.25, 0.3) is 0 Å². The maximum absolute atomic E-state index is 13.0. The molecule has 0 aromatic rings. The maximum Gasteiger partial charge on any atom is 0.244 e. The van der Waals surface area contributed by atoms with E-state index in [1.807, 2.05) is 0 Å². The Bertz CT molecular complexity index is 181. The van der Waals surface area contributed by atoms with Crippen molar-refractivity contribution in [3.63, 3.8) is 0 Å². The molecule has 4 N–H and O–H groups in total. The normalized spacial score (nSPS) is 46.8. The standard InChI is InChI=1S/C7H12F3NO2/c8-4-5(11)3(12)1-2(6(4)13)7(9)10/h2-7,12-13H,1,11H2/t2-,3-,4-,5-,6+/m0/s1. The van der Waals surface area contributed by atoms with Gasteiger partial charge in [0.05, 0.1) is 24.2 Å². The minimum atomic E-state index is -2.84. The Kier molecular flexibility index (Phi) is 3.15. The van der Waals surface area contributed by atoms with Gasteiger partial charge in [0, 0.05) is 0 Å². The average molecular weight is 199 g/mol. The third-order valence-electron chi connectivity index (χ3n) is 2.41. The van der Waals surface area contributed by atoms with Gasteiger partial charge in [0.2, 0.25) is 6.43 Å². The van der Waals surface area contributed by atoms with E-state index in [1.165, 1.54) is 0 Å². The van der Waals surface area contributed by atoms with Crippen LogP contribution in [0.15, 0.2) is 0 Å². The van der Waals surface area contributed by atoms with Crippen LogP contribution < -0.4 is 5.73 Å². The Balaban J connectivity index is 2.70. The van der Waals surface area contributed by atoms with Gasteiger partial charge in [-0.25, -0.2) is 13.2 Å². The number of aliphatic hydroxyl groups excluding tert-OH is 2. The lowest BCUT2D eigenvalue weighted by molar-refractivity contribution is -0.109. The Morgan fingerprint density at radius 3 is 2.31 bits per heavy atom. The van der Waals surface area contributed by atoms with E-state index < -0.39 is 36.8 Å². The van der Waals surface area contributed by atoms with E-state index in [4.69, 9.17) is 15.9 Å². The SMILES string of the molecule is N[C@@H]1[C@H](F)[C@H](O)[C@@H](C(F)F)C[C@@H]1O. The average Bonchev–Trinajstić information content (AvgIpc) is 2.07. The molecule has 1 fully saturated rings. The lowest BCUT2D eigenvalue weighted by Crippen LogP contribution is -2.57. The van der Waals surface area contributed by atoms with Crippen molar-refractivity contribution >= 4 is 0 Å². The molecule has 0 bridgehead atoms. The lowest BCUT2D eigenvalue weighted by atomic mass is 9.81. The molecule has 5 atom stereocenters. The zero-order chi connectivity index (χ0) is 10.2. The summed E-state index contributed by atoms with van der Waals surface area (Å²) >= 11 is 0. The van der Waals surface area contributed by atoms with Crippen LogP contribution in [0.4, 0.5) is 13.2 Å². The highest BCUT2D eigenvalue weighted by Crippen LogP contribution is 2.30. The molecule has 1 rings (SSSR count). The number of hydrogen-bond donors (Lipinski definition) is 3. The first-order chi connectivity index (χ1) is 5.95. The topological polar surface area (TPSA) is 66.5 Å². The second-order valence-electron chi connectivity index (χ2n) is 3.31. The van der Waals surface area contributed by atoms with Crippen LogP contribution in [0.25, 0.3) is 0 Å². The maximum atomic E-state index is 13.0. The quantitative estimate of drug-likeness (QED) is 0.541. The Hall–Kier alpha value is -0.330. The highest BCUT2D eigenvalue weighted by Gasteiger charge is 2.45. The fourth-order valence-corrected chi connectivity index (χ4v) is 1.50. The van der Waals surface area contributed by atoms with Crippen LogP contribution in [-0.2, 0) is 0 Å². The van der Waals surface area contributed by atoms with Crippen molar-refractivity contribution in [3.8, 4) is 0 Å². The molecule has 0 aromatic heterocycles. The van der Waals surface area contributed by atoms with Gasteiger partial charge in [-0.3, -0.25) is 0 Å². The van der Waals surface area contributed by atoms with E-state index in [-0.39, 0.29) is 6.42 Å². The smallest absolute Gasteiger partial charge is 0.244 e. The van der Waals surface area contributed by atoms with Gasteiger partial charge in [-0.2, -0.15) is 0 Å². The summed E-state index contributed by atoms with van der Waals surface area (Å²) in [6, 6.07) is -1.27. The molecule has 0 heterocycles. The Morgan fingerprint density at radius 1 is 1.31 bits per heavy atom. The molecular formula is C7H12F3NO2. The van der Waals surface area contributed by atoms with Crippen molar-refractivity contribution in [1.29, 1.82) is 0 Å². The monoisotopic (exact) mass is 199 g/mol. The van der Waals surface area contributed by atoms with Crippen molar-refractivity contribution in [2.24, 2.45) is 11.7 Å². The molecule has 78 valence electrons. The van der Waals surface area contributed by atoms with Crippen molar-refractivity contribution in [2.75, 3.05) is 0 Å². The van der Waals surface area contributed by atoms with Gasteiger partial charge < -0.3 is 15.9 Å². The first-order valence-electron chi connectivity index (χ1n) is 3.99. The highest BCUT2D eigenvalue weighted by atomic mass is 19.3. The molecule has 0 spiro atoms. The number of aliphatic hydroxyl groups is 2. The summed E-state index contributed by atoms with van der Waals surface area (Å²) in [5, 5.41) is 18.1. The summed E-state index contributed by atoms with van der Waals surface area (Å²) in [6.07, 6.45) is -8.27. The van der Waals surface area contributed by atoms with Gasteiger partial charge in [-0.05, 0) is 6.42 Å². The van der Waals surface area contributed by atoms with E-state index in [0.29, 0.717) is 0 Å². The van der Waals surface area contributed by atoms with Crippen molar-refractivity contribution < 1.29 is 23.4 Å². The minimum absolute atomic E-state index is 0.361. The van der Waals surface area contributed by atoms with Crippen molar-refractivity contribution in [2.45, 2.75) is 37.3 Å². The van der Waals surface area contributed by atoms with Crippen molar-refractivity contribution in [1.82, 2.24) is 0 Å². The highest BCUT2D eigenvalue weighted by molar-refractivity contribution is 4.95. The zero-order valence-corrected chi connectivity index (χ0v) is 6.78. The Labute approximate surface area is 73.3 Å². The lowest BCUT2D eigenvalue weighted by Gasteiger charge is -2.37. The first-order valence-corrected chi connectivity index (χ1v) is 3.99. The van der Waals surface area contributed by atoms with E-state index >= 15 is 0 Å². The number of hydrogen-bond acceptors (Lipinski definition) is 3. The van der Waals surface area contributed by atoms with Crippen LogP contribution >= 0.6 is 0 Å². The van der Waals surface area contributed by atoms with Gasteiger partial charge in [-0.15, -0.1) is 0 Å². The summed E-state index contributed by atoms with van der Waals surface area (Å²) in [5.41, 5.74) is 5.14. The van der Waals surface area contributed by atoms with Gasteiger partial charge in [0.15, 0.2) is 0 Å². The molecule has 13 heavy (non-hydrogen) atoms. The van der Waals surface area contributed by atoms with E-state index in [2.05, 4.69) is 0 Å². The molecule has 0 aliphatic heterocycles. The van der Waals surface area contributed by atoms with Crippen LogP contribution in [0.1, 0.15) is 6.42 Å². The van der Waals surface area contributed by atoms with Gasteiger partial charge >= 0.3 is 0 Å². The van der Waals surface area contributed by atoms with E-state index in [1.54, 1.807) is 0 Å². The molecule has 3 nitrogen and oxygen atoms in total. The summed E-state index contributed by atoms with van der Waals surface area (Å²) in [4.78, 5) is 0. The van der Waals surface area contributed by atoms with Crippen LogP contribution in [0.3, 0.4) is 0 Å². The van der Waals surface area contributed by atoms with Gasteiger partial charge in [0.1, 0.15) is 6.17 Å². The predicted molar refractivity (Wildman–Crippen MR) is 39.0 cm³/mol. The summed E-state index contributed by atoms with van der Waals surface area (Å²) in [6.45, 7) is 0. The molecule has 1 aliphatic rings. The number of rotatable bonds is 1. The molecule has 0 amide bonds. The number of alkyl halides is 3. The fourth-order valence-electron chi connectivity index (χ4n) is 1.50. The minimum Gasteiger partial charge on any atom is -0.391 e. The molecule has 0 radical (unpaired) electrons. The molecule has 1 aliphatic carbocycles. The predicted octanol–water partition coefficient (Wildman–Crippen LogP) is -0.341. The van der Waals surface area contributed by atoms with Gasteiger partial charge in [-0.1, -0.05) is 0 Å². The third kappa shape index (κ3) is 1.95. The van der Waals surface area contributed by atoms with Crippen molar-refractivity contribution in [3.05, 3.63) is 0 Å². The first kappa shape index (κ1) is 10.7. The largest absolute Gasteiger partial charge is 0.391 e. The molecular weight excluding hydrogens is 187 g/mol. The fraction of sp³-hybridized carbons (Fsp3) is 1.00. The molecule has 0 aromatic carbocycles. The van der Waals surface area contributed by atoms with Crippen LogP contribution in [0.5, 0.6) is 0 Å². The summed E-state index contributed by atoms with van der Waals surface area (Å²) in [7, 11) is 0. The molecule has 1 saturated carbocycles. The third-order valence-corrected chi connectivity index (χ3v) is 2.41. The Morgan fingerprint density at radius 2 is 1.85 bits per heavy atom. The van der Waals surface area contributed by atoms with Crippen LogP contribution in [0, 0.1) is 5.92 Å². The van der Waals surface area contributed by atoms with E-state index in [0.717, 1.165) is 0 Å². The number of nitrogens with two attached hydrogens (primary N) is 1. The number of halogens is 3. The molecule has 6 heteroatoms. The van der Waals surface area contributed by atoms with Crippen LogP contribution in [-0.4, -0.2) is 41.1 Å². The van der Waals surface area contributed by atoms with E-state index in [9.17, 15) is 13.2 Å². The summed E-state index contributed by atoms with van der Waals surface area (Å²) < 4.78 is 37.3. The summed E-state index contributed by atoms with van der Waals surface area (Å²) in [5.74, 6) is -1.52. The molecule has 0 saturated heterocycles. The zero-order valence-electron chi connectivity index (χ0n) is 6.78. The second kappa shape index (κ2) is 3.81. The second-order valence-corrected chi connectivity index (χ2v) is 3.31.